The van der Waals surface area contributed by atoms with Crippen molar-refractivity contribution in [2.75, 3.05) is 6.61 Å². The van der Waals surface area contributed by atoms with Crippen LogP contribution < -0.4 is 5.32 Å². The van der Waals surface area contributed by atoms with Crippen molar-refractivity contribution >= 4 is 21.9 Å². The monoisotopic (exact) mass is 458 g/mol. The van der Waals surface area contributed by atoms with Crippen LogP contribution in [0.15, 0.2) is 35.2 Å². The van der Waals surface area contributed by atoms with Crippen molar-refractivity contribution in [3.63, 3.8) is 0 Å². The number of amides is 1. The topological polar surface area (TPSA) is 92.8 Å². The molecular formula is C24H30N2O5S. The highest BCUT2D eigenvalue weighted by molar-refractivity contribution is 7.89. The first-order chi connectivity index (χ1) is 15.0. The lowest BCUT2D eigenvalue weighted by molar-refractivity contribution is -0.147. The molecule has 0 fully saturated rings. The third-order valence-electron chi connectivity index (χ3n) is 5.87. The van der Waals surface area contributed by atoms with E-state index >= 15 is 0 Å². The largest absolute Gasteiger partial charge is 0.464 e. The molecular weight excluding hydrogens is 428 g/mol. The number of aryl methyl sites for hydroxylation is 2. The first-order valence-electron chi connectivity index (χ1n) is 10.7. The van der Waals surface area contributed by atoms with Gasteiger partial charge in [-0.2, -0.15) is 4.31 Å². The number of esters is 1. The van der Waals surface area contributed by atoms with Crippen molar-refractivity contribution in [1.29, 1.82) is 0 Å². The lowest BCUT2D eigenvalue weighted by Crippen LogP contribution is -2.42. The second-order valence-corrected chi connectivity index (χ2v) is 10.2. The van der Waals surface area contributed by atoms with Gasteiger partial charge in [-0.1, -0.05) is 23.8 Å². The Morgan fingerprint density at radius 2 is 1.72 bits per heavy atom. The molecule has 1 heterocycles. The molecule has 0 saturated carbocycles. The molecule has 0 aromatic heterocycles. The quantitative estimate of drug-likeness (QED) is 0.644. The standard InChI is InChI=1S/C24H30N2O5S/c1-6-31-24(28)23(25-18(5)27)12-19-11-16(3)21-13-26(14-22(21)17(19)4)32(29,30)20-9-7-15(2)8-10-20/h7-11,23H,6,12-14H2,1-5H3,(H,25,27). The van der Waals surface area contributed by atoms with Crippen LogP contribution in [0.25, 0.3) is 0 Å². The predicted molar refractivity (Wildman–Crippen MR) is 121 cm³/mol. The molecule has 1 aliphatic rings. The Balaban J connectivity index is 1.91. The molecule has 32 heavy (non-hydrogen) atoms. The summed E-state index contributed by atoms with van der Waals surface area (Å²) in [6.45, 7) is 9.69. The summed E-state index contributed by atoms with van der Waals surface area (Å²) in [4.78, 5) is 24.2. The molecule has 1 aliphatic heterocycles. The number of sulfonamides is 1. The summed E-state index contributed by atoms with van der Waals surface area (Å²) in [6, 6.07) is 8.04. The lowest BCUT2D eigenvalue weighted by Gasteiger charge is -2.19. The number of fused-ring (bicyclic) bond motifs is 1. The fourth-order valence-corrected chi connectivity index (χ4v) is 5.48. The van der Waals surface area contributed by atoms with E-state index in [0.29, 0.717) is 6.54 Å². The number of hydrogen-bond acceptors (Lipinski definition) is 5. The van der Waals surface area contributed by atoms with Crippen LogP contribution in [0, 0.1) is 20.8 Å². The highest BCUT2D eigenvalue weighted by atomic mass is 32.2. The number of nitrogens with zero attached hydrogens (tertiary/aromatic N) is 1. The van der Waals surface area contributed by atoms with E-state index < -0.39 is 22.0 Å². The number of hydrogen-bond donors (Lipinski definition) is 1. The van der Waals surface area contributed by atoms with Gasteiger partial charge in [0.05, 0.1) is 11.5 Å². The van der Waals surface area contributed by atoms with E-state index in [-0.39, 0.29) is 30.4 Å². The molecule has 8 heteroatoms. The fourth-order valence-electron chi connectivity index (χ4n) is 4.10. The maximum Gasteiger partial charge on any atom is 0.328 e. The van der Waals surface area contributed by atoms with Crippen LogP contribution in [0.2, 0.25) is 0 Å². The summed E-state index contributed by atoms with van der Waals surface area (Å²) in [5, 5.41) is 2.67. The minimum atomic E-state index is -3.63. The van der Waals surface area contributed by atoms with Gasteiger partial charge in [0.25, 0.3) is 0 Å². The van der Waals surface area contributed by atoms with E-state index in [1.54, 1.807) is 31.2 Å². The van der Waals surface area contributed by atoms with Crippen LogP contribution in [0.1, 0.15) is 47.2 Å². The summed E-state index contributed by atoms with van der Waals surface area (Å²) in [5.41, 5.74) is 5.75. The van der Waals surface area contributed by atoms with Gasteiger partial charge in [0.2, 0.25) is 15.9 Å². The van der Waals surface area contributed by atoms with E-state index in [0.717, 1.165) is 33.4 Å². The van der Waals surface area contributed by atoms with Gasteiger partial charge in [0.1, 0.15) is 6.04 Å². The molecule has 1 N–H and O–H groups in total. The van der Waals surface area contributed by atoms with Gasteiger partial charge < -0.3 is 10.1 Å². The summed E-state index contributed by atoms with van der Waals surface area (Å²) in [5.74, 6) is -0.794. The third kappa shape index (κ3) is 4.86. The summed E-state index contributed by atoms with van der Waals surface area (Å²) < 4.78 is 33.0. The van der Waals surface area contributed by atoms with Crippen LogP contribution in [-0.4, -0.2) is 37.2 Å². The van der Waals surface area contributed by atoms with E-state index in [1.165, 1.54) is 11.2 Å². The Hall–Kier alpha value is -2.71. The molecule has 1 amide bonds. The molecule has 7 nitrogen and oxygen atoms in total. The minimum Gasteiger partial charge on any atom is -0.464 e. The molecule has 0 aliphatic carbocycles. The van der Waals surface area contributed by atoms with Gasteiger partial charge in [-0.3, -0.25) is 4.79 Å². The molecule has 1 unspecified atom stereocenters. The molecule has 2 aromatic rings. The number of rotatable bonds is 7. The first-order valence-corrected chi connectivity index (χ1v) is 12.1. The number of carbonyl (C=O) groups is 2. The number of nitrogens with one attached hydrogen (secondary N) is 1. The van der Waals surface area contributed by atoms with Crippen molar-refractivity contribution in [2.45, 2.75) is 65.1 Å². The van der Waals surface area contributed by atoms with E-state index in [1.807, 2.05) is 26.8 Å². The molecule has 2 aromatic carbocycles. The third-order valence-corrected chi connectivity index (χ3v) is 7.67. The first kappa shape index (κ1) is 23.9. The average molecular weight is 459 g/mol. The maximum atomic E-state index is 13.2. The Bertz CT molecular complexity index is 1140. The van der Waals surface area contributed by atoms with Gasteiger partial charge in [0.15, 0.2) is 0 Å². The van der Waals surface area contributed by atoms with Crippen molar-refractivity contribution in [2.24, 2.45) is 0 Å². The van der Waals surface area contributed by atoms with Gasteiger partial charge in [-0.25, -0.2) is 13.2 Å². The van der Waals surface area contributed by atoms with Crippen LogP contribution in [0.5, 0.6) is 0 Å². The fraction of sp³-hybridized carbons (Fsp3) is 0.417. The molecule has 172 valence electrons. The summed E-state index contributed by atoms with van der Waals surface area (Å²) in [7, 11) is -3.63. The van der Waals surface area contributed by atoms with Gasteiger partial charge in [0, 0.05) is 26.4 Å². The zero-order valence-corrected chi connectivity index (χ0v) is 20.0. The molecule has 0 bridgehead atoms. The normalized spacial score (nSPS) is 14.7. The zero-order chi connectivity index (χ0) is 23.6. The van der Waals surface area contributed by atoms with Crippen molar-refractivity contribution in [1.82, 2.24) is 9.62 Å². The van der Waals surface area contributed by atoms with Gasteiger partial charge in [-0.15, -0.1) is 0 Å². The summed E-state index contributed by atoms with van der Waals surface area (Å²) >= 11 is 0. The highest BCUT2D eigenvalue weighted by Gasteiger charge is 2.33. The van der Waals surface area contributed by atoms with Crippen LogP contribution in [0.4, 0.5) is 0 Å². The van der Waals surface area contributed by atoms with Crippen molar-refractivity contribution in [3.05, 3.63) is 63.7 Å². The molecule has 0 saturated heterocycles. The highest BCUT2D eigenvalue weighted by Crippen LogP contribution is 2.34. The number of benzene rings is 2. The Morgan fingerprint density at radius 3 is 2.31 bits per heavy atom. The van der Waals surface area contributed by atoms with E-state index in [4.69, 9.17) is 4.74 Å². The molecule has 3 rings (SSSR count). The minimum absolute atomic E-state index is 0.225. The summed E-state index contributed by atoms with van der Waals surface area (Å²) in [6.07, 6.45) is 0.281. The van der Waals surface area contributed by atoms with E-state index in [2.05, 4.69) is 5.32 Å². The van der Waals surface area contributed by atoms with E-state index in [9.17, 15) is 18.0 Å². The van der Waals surface area contributed by atoms with Crippen molar-refractivity contribution < 1.29 is 22.7 Å². The predicted octanol–water partition coefficient (Wildman–Crippen LogP) is 2.93. The Morgan fingerprint density at radius 1 is 1.09 bits per heavy atom. The average Bonchev–Trinajstić information content (AvgIpc) is 3.19. The SMILES string of the molecule is CCOC(=O)C(Cc1cc(C)c2c(c1C)CN(S(=O)(=O)c1ccc(C)cc1)C2)NC(C)=O. The molecule has 1 atom stereocenters. The smallest absolute Gasteiger partial charge is 0.328 e. The van der Waals surface area contributed by atoms with Gasteiger partial charge in [-0.05, 0) is 67.6 Å². The number of carbonyl (C=O) groups excluding carboxylic acids is 2. The van der Waals surface area contributed by atoms with Crippen LogP contribution in [-0.2, 0) is 43.9 Å². The Kier molecular flexibility index (Phi) is 7.05. The van der Waals surface area contributed by atoms with Crippen LogP contribution >= 0.6 is 0 Å². The number of ether oxygens (including phenoxy) is 1. The zero-order valence-electron chi connectivity index (χ0n) is 19.2. The second kappa shape index (κ2) is 9.42. The van der Waals surface area contributed by atoms with Crippen LogP contribution in [0.3, 0.4) is 0 Å². The Labute approximate surface area is 189 Å². The van der Waals surface area contributed by atoms with Gasteiger partial charge >= 0.3 is 5.97 Å². The lowest BCUT2D eigenvalue weighted by atomic mass is 9.91. The molecule has 0 radical (unpaired) electrons. The maximum absolute atomic E-state index is 13.2. The molecule has 0 spiro atoms. The van der Waals surface area contributed by atoms with Crippen molar-refractivity contribution in [3.8, 4) is 0 Å². The second-order valence-electron chi connectivity index (χ2n) is 8.23.